The second-order valence-corrected chi connectivity index (χ2v) is 7.12. The fraction of sp³-hybridized carbons (Fsp3) is 0.375. The number of thiophene rings is 1. The SMILES string of the molecule is COc1ccc(C(O)c2cc3c(s2)CCCC3)cc1Br. The summed E-state index contributed by atoms with van der Waals surface area (Å²) in [7, 11) is 1.64. The van der Waals surface area contributed by atoms with E-state index in [2.05, 4.69) is 22.0 Å². The minimum absolute atomic E-state index is 0.548. The molecule has 0 radical (unpaired) electrons. The van der Waals surface area contributed by atoms with Crippen LogP contribution in [0.5, 0.6) is 5.75 Å². The first-order valence-electron chi connectivity index (χ1n) is 6.82. The van der Waals surface area contributed by atoms with E-state index in [1.807, 2.05) is 18.2 Å². The fourth-order valence-corrected chi connectivity index (χ4v) is 4.50. The zero-order chi connectivity index (χ0) is 14.1. The maximum atomic E-state index is 10.6. The molecule has 106 valence electrons. The van der Waals surface area contributed by atoms with Gasteiger partial charge in [0.05, 0.1) is 11.6 Å². The Balaban J connectivity index is 1.90. The van der Waals surface area contributed by atoms with E-state index < -0.39 is 6.10 Å². The van der Waals surface area contributed by atoms with E-state index >= 15 is 0 Å². The van der Waals surface area contributed by atoms with Crippen molar-refractivity contribution in [3.05, 3.63) is 49.6 Å². The first-order valence-corrected chi connectivity index (χ1v) is 8.43. The van der Waals surface area contributed by atoms with Crippen LogP contribution >= 0.6 is 27.3 Å². The smallest absolute Gasteiger partial charge is 0.133 e. The van der Waals surface area contributed by atoms with Crippen molar-refractivity contribution in [2.45, 2.75) is 31.8 Å². The number of hydrogen-bond donors (Lipinski definition) is 1. The Morgan fingerprint density at radius 1 is 1.25 bits per heavy atom. The average Bonchev–Trinajstić information content (AvgIpc) is 2.90. The standard InChI is InChI=1S/C16H17BrO2S/c1-19-13-7-6-11(8-12(13)17)16(18)15-9-10-4-2-3-5-14(10)20-15/h6-9,16,18H,2-5H2,1H3. The number of rotatable bonds is 3. The van der Waals surface area contributed by atoms with Gasteiger partial charge in [0.15, 0.2) is 0 Å². The lowest BCUT2D eigenvalue weighted by molar-refractivity contribution is 0.224. The monoisotopic (exact) mass is 352 g/mol. The highest BCUT2D eigenvalue weighted by Gasteiger charge is 2.19. The van der Waals surface area contributed by atoms with Crippen LogP contribution in [0.1, 0.15) is 39.8 Å². The maximum Gasteiger partial charge on any atom is 0.133 e. The highest BCUT2D eigenvalue weighted by Crippen LogP contribution is 2.37. The van der Waals surface area contributed by atoms with Crippen molar-refractivity contribution in [1.82, 2.24) is 0 Å². The van der Waals surface area contributed by atoms with Crippen LogP contribution in [0.15, 0.2) is 28.7 Å². The van der Waals surface area contributed by atoms with Gasteiger partial charge in [0.2, 0.25) is 0 Å². The van der Waals surface area contributed by atoms with Crippen molar-refractivity contribution in [2.75, 3.05) is 7.11 Å². The molecule has 0 fully saturated rings. The Morgan fingerprint density at radius 2 is 2.05 bits per heavy atom. The van der Waals surface area contributed by atoms with Crippen molar-refractivity contribution in [3.8, 4) is 5.75 Å². The molecular formula is C16H17BrO2S. The Bertz CT molecular complexity index is 597. The number of benzene rings is 1. The molecule has 0 spiro atoms. The van der Waals surface area contributed by atoms with E-state index in [0.29, 0.717) is 0 Å². The van der Waals surface area contributed by atoms with Crippen molar-refractivity contribution in [3.63, 3.8) is 0 Å². The number of aliphatic hydroxyl groups excluding tert-OH is 1. The Labute approximate surface area is 131 Å². The minimum Gasteiger partial charge on any atom is -0.496 e. The number of halogens is 1. The van der Waals surface area contributed by atoms with Crippen LogP contribution in [0.3, 0.4) is 0 Å². The van der Waals surface area contributed by atoms with Crippen LogP contribution in [-0.4, -0.2) is 12.2 Å². The fourth-order valence-electron chi connectivity index (χ4n) is 2.67. The molecule has 3 rings (SSSR count). The molecule has 1 N–H and O–H groups in total. The third-order valence-electron chi connectivity index (χ3n) is 3.78. The lowest BCUT2D eigenvalue weighted by atomic mass is 9.98. The van der Waals surface area contributed by atoms with E-state index in [9.17, 15) is 5.11 Å². The highest BCUT2D eigenvalue weighted by molar-refractivity contribution is 9.10. The molecule has 2 nitrogen and oxygen atoms in total. The van der Waals surface area contributed by atoms with E-state index in [0.717, 1.165) is 27.1 Å². The minimum atomic E-state index is -0.548. The first kappa shape index (κ1) is 14.1. The third-order valence-corrected chi connectivity index (χ3v) is 5.69. The molecule has 0 amide bonds. The normalized spacial score (nSPS) is 15.8. The number of hydrogen-bond acceptors (Lipinski definition) is 3. The molecule has 4 heteroatoms. The summed E-state index contributed by atoms with van der Waals surface area (Å²) in [6.45, 7) is 0. The van der Waals surface area contributed by atoms with Crippen LogP contribution in [0.25, 0.3) is 0 Å². The zero-order valence-electron chi connectivity index (χ0n) is 11.4. The number of aliphatic hydroxyl groups is 1. The van der Waals surface area contributed by atoms with E-state index in [-0.39, 0.29) is 0 Å². The molecule has 0 saturated heterocycles. The van der Waals surface area contributed by atoms with Gasteiger partial charge in [0.1, 0.15) is 11.9 Å². The molecule has 0 bridgehead atoms. The van der Waals surface area contributed by atoms with Gasteiger partial charge in [-0.05, 0) is 70.9 Å². The molecule has 0 aliphatic heterocycles. The summed E-state index contributed by atoms with van der Waals surface area (Å²) in [6.07, 6.45) is 4.32. The Hall–Kier alpha value is -0.840. The van der Waals surface area contributed by atoms with Gasteiger partial charge in [0, 0.05) is 9.75 Å². The molecule has 20 heavy (non-hydrogen) atoms. The molecule has 1 aliphatic carbocycles. The lowest BCUT2D eigenvalue weighted by Crippen LogP contribution is -1.98. The summed E-state index contributed by atoms with van der Waals surface area (Å²) in [5.74, 6) is 0.784. The summed E-state index contributed by atoms with van der Waals surface area (Å²) in [5, 5.41) is 10.6. The van der Waals surface area contributed by atoms with Crippen molar-refractivity contribution in [1.29, 1.82) is 0 Å². The largest absolute Gasteiger partial charge is 0.496 e. The van der Waals surface area contributed by atoms with Crippen LogP contribution in [-0.2, 0) is 12.8 Å². The molecule has 0 saturated carbocycles. The molecular weight excluding hydrogens is 336 g/mol. The van der Waals surface area contributed by atoms with Gasteiger partial charge >= 0.3 is 0 Å². The lowest BCUT2D eigenvalue weighted by Gasteiger charge is -2.11. The summed E-state index contributed by atoms with van der Waals surface area (Å²) in [4.78, 5) is 2.51. The molecule has 1 unspecified atom stereocenters. The predicted octanol–water partition coefficient (Wildman–Crippen LogP) is 4.48. The second kappa shape index (κ2) is 5.88. The third kappa shape index (κ3) is 2.65. The van der Waals surface area contributed by atoms with Gasteiger partial charge in [-0.25, -0.2) is 0 Å². The second-order valence-electron chi connectivity index (χ2n) is 5.10. The summed E-state index contributed by atoms with van der Waals surface area (Å²) >= 11 is 5.23. The Morgan fingerprint density at radius 3 is 2.75 bits per heavy atom. The van der Waals surface area contributed by atoms with Gasteiger partial charge in [-0.3, -0.25) is 0 Å². The van der Waals surface area contributed by atoms with Gasteiger partial charge in [-0.15, -0.1) is 11.3 Å². The average molecular weight is 353 g/mol. The van der Waals surface area contributed by atoms with Gasteiger partial charge in [0.25, 0.3) is 0 Å². The molecule has 2 aromatic rings. The van der Waals surface area contributed by atoms with E-state index in [1.165, 1.54) is 29.7 Å². The molecule has 1 aliphatic rings. The first-order chi connectivity index (χ1) is 9.69. The highest BCUT2D eigenvalue weighted by atomic mass is 79.9. The molecule has 1 aromatic heterocycles. The maximum absolute atomic E-state index is 10.6. The molecule has 1 atom stereocenters. The number of fused-ring (bicyclic) bond motifs is 1. The summed E-state index contributed by atoms with van der Waals surface area (Å²) in [6, 6.07) is 7.92. The Kier molecular flexibility index (Phi) is 4.15. The van der Waals surface area contributed by atoms with Crippen molar-refractivity contribution < 1.29 is 9.84 Å². The number of aryl methyl sites for hydroxylation is 2. The number of ether oxygens (including phenoxy) is 1. The van der Waals surface area contributed by atoms with Gasteiger partial charge < -0.3 is 9.84 Å². The quantitative estimate of drug-likeness (QED) is 0.882. The van der Waals surface area contributed by atoms with Crippen LogP contribution in [0.4, 0.5) is 0 Å². The zero-order valence-corrected chi connectivity index (χ0v) is 13.8. The van der Waals surface area contributed by atoms with Gasteiger partial charge in [-0.2, -0.15) is 0 Å². The summed E-state index contributed by atoms with van der Waals surface area (Å²) < 4.78 is 6.10. The van der Waals surface area contributed by atoms with E-state index in [1.54, 1.807) is 18.4 Å². The predicted molar refractivity (Wildman–Crippen MR) is 85.7 cm³/mol. The van der Waals surface area contributed by atoms with Crippen LogP contribution < -0.4 is 4.74 Å². The van der Waals surface area contributed by atoms with Gasteiger partial charge in [-0.1, -0.05) is 6.07 Å². The molecule has 1 heterocycles. The topological polar surface area (TPSA) is 29.5 Å². The molecule has 1 aromatic carbocycles. The number of methoxy groups -OCH3 is 1. The van der Waals surface area contributed by atoms with Crippen molar-refractivity contribution in [2.24, 2.45) is 0 Å². The van der Waals surface area contributed by atoms with Crippen molar-refractivity contribution >= 4 is 27.3 Å². The summed E-state index contributed by atoms with van der Waals surface area (Å²) in [5.41, 5.74) is 2.33. The van der Waals surface area contributed by atoms with Crippen LogP contribution in [0.2, 0.25) is 0 Å². The van der Waals surface area contributed by atoms with Crippen LogP contribution in [0, 0.1) is 0 Å². The van der Waals surface area contributed by atoms with E-state index in [4.69, 9.17) is 4.74 Å².